The molecule has 0 aliphatic heterocycles. The van der Waals surface area contributed by atoms with E-state index in [1.165, 1.54) is 0 Å². The average molecular weight is 382 g/mol. The monoisotopic (exact) mass is 382 g/mol. The van der Waals surface area contributed by atoms with Crippen molar-refractivity contribution in [1.82, 2.24) is 14.1 Å². The van der Waals surface area contributed by atoms with Crippen molar-refractivity contribution in [2.24, 2.45) is 7.05 Å². The van der Waals surface area contributed by atoms with E-state index in [4.69, 9.17) is 0 Å². The number of amides is 1. The van der Waals surface area contributed by atoms with Gasteiger partial charge in [-0.25, -0.2) is 4.98 Å². The number of ketones is 1. The summed E-state index contributed by atoms with van der Waals surface area (Å²) in [7, 11) is 1.78. The molecular formula is C20H22N4O2S. The van der Waals surface area contributed by atoms with Crippen LogP contribution in [-0.4, -0.2) is 37.8 Å². The van der Waals surface area contributed by atoms with E-state index >= 15 is 0 Å². The molecule has 140 valence electrons. The summed E-state index contributed by atoms with van der Waals surface area (Å²) in [4.78, 5) is 29.6. The first-order valence-corrected chi connectivity index (χ1v) is 10.0. The van der Waals surface area contributed by atoms with Crippen molar-refractivity contribution in [3.05, 3.63) is 72.6 Å². The van der Waals surface area contributed by atoms with Crippen LogP contribution >= 0.6 is 11.8 Å². The van der Waals surface area contributed by atoms with E-state index in [9.17, 15) is 9.59 Å². The maximum atomic E-state index is 12.8. The third-order valence-electron chi connectivity index (χ3n) is 4.30. The summed E-state index contributed by atoms with van der Waals surface area (Å²) in [6.45, 7) is 0. The third-order valence-corrected chi connectivity index (χ3v) is 4.95. The molecule has 0 aliphatic carbocycles. The minimum absolute atomic E-state index is 0.0955. The molecule has 0 saturated heterocycles. The zero-order chi connectivity index (χ0) is 19.2. The van der Waals surface area contributed by atoms with Crippen LogP contribution in [0.2, 0.25) is 0 Å². The summed E-state index contributed by atoms with van der Waals surface area (Å²) >= 11 is 1.71. The normalized spacial score (nSPS) is 11.9. The van der Waals surface area contributed by atoms with Gasteiger partial charge in [-0.2, -0.15) is 11.8 Å². The van der Waals surface area contributed by atoms with Crippen molar-refractivity contribution in [2.45, 2.75) is 12.5 Å². The molecule has 0 fully saturated rings. The largest absolute Gasteiger partial charge is 0.342 e. The smallest absolute Gasteiger partial charge is 0.247 e. The molecule has 3 aromatic rings. The van der Waals surface area contributed by atoms with Crippen LogP contribution in [0.5, 0.6) is 0 Å². The maximum Gasteiger partial charge on any atom is 0.247 e. The summed E-state index contributed by atoms with van der Waals surface area (Å²) < 4.78 is 3.59. The summed E-state index contributed by atoms with van der Waals surface area (Å²) in [6.07, 6.45) is 9.86. The van der Waals surface area contributed by atoms with E-state index in [0.29, 0.717) is 17.1 Å². The Hall–Kier alpha value is -2.80. The predicted octanol–water partition coefficient (Wildman–Crippen LogP) is 3.39. The van der Waals surface area contributed by atoms with Gasteiger partial charge in [0.2, 0.25) is 11.7 Å². The van der Waals surface area contributed by atoms with E-state index < -0.39 is 0 Å². The number of aromatic nitrogens is 3. The second kappa shape index (κ2) is 8.73. The number of nitrogens with one attached hydrogen (secondary N) is 1. The Kier molecular flexibility index (Phi) is 6.13. The maximum absolute atomic E-state index is 12.8. The lowest BCUT2D eigenvalue weighted by molar-refractivity contribution is -0.119. The topological polar surface area (TPSA) is 68.9 Å². The van der Waals surface area contributed by atoms with E-state index in [0.717, 1.165) is 12.2 Å². The molecule has 1 aromatic carbocycles. The highest BCUT2D eigenvalue weighted by atomic mass is 32.2. The van der Waals surface area contributed by atoms with Crippen LogP contribution < -0.4 is 5.32 Å². The molecule has 7 heteroatoms. The van der Waals surface area contributed by atoms with E-state index in [2.05, 4.69) is 10.3 Å². The lowest BCUT2D eigenvalue weighted by atomic mass is 10.1. The molecule has 6 nitrogen and oxygen atoms in total. The molecule has 0 spiro atoms. The number of rotatable bonds is 8. The molecule has 0 aliphatic rings. The van der Waals surface area contributed by atoms with Crippen molar-refractivity contribution in [1.29, 1.82) is 0 Å². The number of hydrogen-bond acceptors (Lipinski definition) is 4. The number of nitrogens with zero attached hydrogens (tertiary/aromatic N) is 3. The first-order chi connectivity index (χ1) is 13.1. The minimum atomic E-state index is -0.290. The molecule has 0 radical (unpaired) electrons. The molecule has 3 rings (SSSR count). The van der Waals surface area contributed by atoms with Gasteiger partial charge in [0, 0.05) is 43.1 Å². The number of aryl methyl sites for hydroxylation is 1. The molecule has 27 heavy (non-hydrogen) atoms. The fourth-order valence-electron chi connectivity index (χ4n) is 2.88. The molecule has 1 N–H and O–H groups in total. The number of hydrogen-bond donors (Lipinski definition) is 1. The quantitative estimate of drug-likeness (QED) is 0.607. The summed E-state index contributed by atoms with van der Waals surface area (Å²) in [5.74, 6) is 0.974. The molecule has 0 bridgehead atoms. The number of benzene rings is 1. The van der Waals surface area contributed by atoms with E-state index in [1.54, 1.807) is 60.0 Å². The van der Waals surface area contributed by atoms with Gasteiger partial charge in [0.15, 0.2) is 5.82 Å². The van der Waals surface area contributed by atoms with Crippen LogP contribution in [0.1, 0.15) is 28.6 Å². The molecule has 0 saturated carbocycles. The highest BCUT2D eigenvalue weighted by Crippen LogP contribution is 2.19. The van der Waals surface area contributed by atoms with Crippen molar-refractivity contribution in [3.8, 4) is 0 Å². The molecule has 2 heterocycles. The van der Waals surface area contributed by atoms with Crippen molar-refractivity contribution >= 4 is 29.1 Å². The van der Waals surface area contributed by atoms with Crippen LogP contribution in [0, 0.1) is 0 Å². The Morgan fingerprint density at radius 3 is 2.63 bits per heavy atom. The van der Waals surface area contributed by atoms with Crippen molar-refractivity contribution < 1.29 is 9.59 Å². The Bertz CT molecular complexity index is 918. The number of thioether (sulfide) groups is 1. The van der Waals surface area contributed by atoms with Gasteiger partial charge in [-0.05, 0) is 42.7 Å². The van der Waals surface area contributed by atoms with Gasteiger partial charge in [-0.15, -0.1) is 0 Å². The average Bonchev–Trinajstić information content (AvgIpc) is 3.33. The second-order valence-corrected chi connectivity index (χ2v) is 7.17. The molecule has 0 unspecified atom stereocenters. The standard InChI is InChI=1S/C20H22N4O2S/c1-23-12-9-21-19(23)18(25)15-6-5-7-16(14-15)22-20(26)17(8-13-27-2)24-10-3-4-11-24/h3-7,9-12,14,17H,8,13H2,1-2H3,(H,22,26)/t17-/m0/s1. The number of imidazole rings is 1. The Balaban J connectivity index is 1.77. The zero-order valence-electron chi connectivity index (χ0n) is 15.3. The number of carbonyl (C=O) groups excluding carboxylic acids is 2. The summed E-state index contributed by atoms with van der Waals surface area (Å²) in [5.41, 5.74) is 1.09. The number of carbonyl (C=O) groups is 2. The zero-order valence-corrected chi connectivity index (χ0v) is 16.1. The van der Waals surface area contributed by atoms with Crippen LogP contribution in [-0.2, 0) is 11.8 Å². The molecular weight excluding hydrogens is 360 g/mol. The molecule has 1 amide bonds. The van der Waals surface area contributed by atoms with Gasteiger partial charge in [-0.3, -0.25) is 9.59 Å². The Labute approximate surface area is 162 Å². The van der Waals surface area contributed by atoms with E-state index in [-0.39, 0.29) is 17.7 Å². The molecule has 2 aromatic heterocycles. The summed E-state index contributed by atoms with van der Waals surface area (Å²) in [5, 5.41) is 2.95. The fourth-order valence-corrected chi connectivity index (χ4v) is 3.34. The van der Waals surface area contributed by atoms with Crippen LogP contribution in [0.3, 0.4) is 0 Å². The van der Waals surface area contributed by atoms with Gasteiger partial charge < -0.3 is 14.5 Å². The Morgan fingerprint density at radius 1 is 1.19 bits per heavy atom. The van der Waals surface area contributed by atoms with Crippen LogP contribution in [0.25, 0.3) is 0 Å². The van der Waals surface area contributed by atoms with Crippen LogP contribution in [0.15, 0.2) is 61.2 Å². The second-order valence-electron chi connectivity index (χ2n) is 6.19. The van der Waals surface area contributed by atoms with Gasteiger partial charge in [0.25, 0.3) is 0 Å². The summed E-state index contributed by atoms with van der Waals surface area (Å²) in [6, 6.07) is 10.5. The highest BCUT2D eigenvalue weighted by Gasteiger charge is 2.20. The first kappa shape index (κ1) is 19.0. The molecule has 1 atom stereocenters. The van der Waals surface area contributed by atoms with Gasteiger partial charge >= 0.3 is 0 Å². The first-order valence-electron chi connectivity index (χ1n) is 8.64. The van der Waals surface area contributed by atoms with Crippen molar-refractivity contribution in [2.75, 3.05) is 17.3 Å². The third kappa shape index (κ3) is 4.49. The fraction of sp³-hybridized carbons (Fsp3) is 0.250. The van der Waals surface area contributed by atoms with Gasteiger partial charge in [0.1, 0.15) is 6.04 Å². The SMILES string of the molecule is CSCC[C@@H](C(=O)Nc1cccc(C(=O)c2nccn2C)c1)n1cccc1. The number of anilines is 1. The van der Waals surface area contributed by atoms with Gasteiger partial charge in [0.05, 0.1) is 0 Å². The lowest BCUT2D eigenvalue weighted by Gasteiger charge is -2.18. The van der Waals surface area contributed by atoms with Gasteiger partial charge in [-0.1, -0.05) is 12.1 Å². The van der Waals surface area contributed by atoms with Crippen LogP contribution in [0.4, 0.5) is 5.69 Å². The Morgan fingerprint density at radius 2 is 1.96 bits per heavy atom. The van der Waals surface area contributed by atoms with Crippen molar-refractivity contribution in [3.63, 3.8) is 0 Å². The predicted molar refractivity (Wildman–Crippen MR) is 108 cm³/mol. The highest BCUT2D eigenvalue weighted by molar-refractivity contribution is 7.98. The van der Waals surface area contributed by atoms with E-state index in [1.807, 2.05) is 35.3 Å². The minimum Gasteiger partial charge on any atom is -0.342 e. The lowest BCUT2D eigenvalue weighted by Crippen LogP contribution is -2.26.